The second-order valence-electron chi connectivity index (χ2n) is 1.68. The van der Waals surface area contributed by atoms with Crippen LogP contribution in [0.25, 0.3) is 0 Å². The van der Waals surface area contributed by atoms with Crippen LogP contribution in [0.5, 0.6) is 0 Å². The summed E-state index contributed by atoms with van der Waals surface area (Å²) < 4.78 is 1.02. The van der Waals surface area contributed by atoms with E-state index in [0.29, 0.717) is 0 Å². The standard InChI is InChI=1S/C7H5BrN/c8-7-3-1-6(5-9)2-4-7/h1-5H. The topological polar surface area (TPSA) is 22.3 Å². The fraction of sp³-hybridized carbons (Fsp3) is 0. The molecule has 0 atom stereocenters. The van der Waals surface area contributed by atoms with Crippen LogP contribution in [0.3, 0.4) is 0 Å². The first kappa shape index (κ1) is 6.49. The van der Waals surface area contributed by atoms with E-state index in [1.54, 1.807) is 0 Å². The van der Waals surface area contributed by atoms with Crippen molar-refractivity contribution in [3.8, 4) is 0 Å². The van der Waals surface area contributed by atoms with E-state index in [4.69, 9.17) is 5.41 Å². The predicted octanol–water partition coefficient (Wildman–Crippen LogP) is 1.67. The van der Waals surface area contributed by atoms with Crippen molar-refractivity contribution in [1.82, 2.24) is 5.41 Å². The summed E-state index contributed by atoms with van der Waals surface area (Å²) in [6.07, 6.45) is 1.08. The van der Waals surface area contributed by atoms with E-state index in [9.17, 15) is 0 Å². The second-order valence-corrected chi connectivity index (χ2v) is 2.60. The van der Waals surface area contributed by atoms with Crippen molar-refractivity contribution in [2.24, 2.45) is 0 Å². The largest absolute Gasteiger partial charge is 0.159 e. The predicted molar refractivity (Wildman–Crippen MR) is 41.4 cm³/mol. The Labute approximate surface area is 62.3 Å². The molecule has 1 radical (unpaired) electrons. The molecule has 1 rings (SSSR count). The van der Waals surface area contributed by atoms with E-state index in [2.05, 4.69) is 15.9 Å². The van der Waals surface area contributed by atoms with Crippen LogP contribution in [0, 0.1) is 0 Å². The molecule has 0 unspecified atom stereocenters. The molecular weight excluding hydrogens is 178 g/mol. The number of nitrogens with zero attached hydrogens (tertiary/aromatic N) is 1. The third kappa shape index (κ3) is 1.64. The first-order valence-corrected chi connectivity index (χ1v) is 3.35. The Bertz CT molecular complexity index is 203. The summed E-state index contributed by atoms with van der Waals surface area (Å²) in [4.78, 5) is 0. The van der Waals surface area contributed by atoms with Gasteiger partial charge in [-0.2, -0.15) is 5.41 Å². The maximum atomic E-state index is 8.49. The van der Waals surface area contributed by atoms with Crippen LogP contribution in [0.2, 0.25) is 0 Å². The molecule has 0 fully saturated rings. The molecule has 0 N–H and O–H groups in total. The van der Waals surface area contributed by atoms with Crippen molar-refractivity contribution >= 4 is 22.1 Å². The van der Waals surface area contributed by atoms with Crippen molar-refractivity contribution < 1.29 is 0 Å². The highest BCUT2D eigenvalue weighted by Crippen LogP contribution is 2.08. The summed E-state index contributed by atoms with van der Waals surface area (Å²) in [5.74, 6) is 0. The molecule has 0 aliphatic rings. The molecule has 0 bridgehead atoms. The number of hydrogen-bond donors (Lipinski definition) is 0. The number of hydrogen-bond acceptors (Lipinski definition) is 0. The quantitative estimate of drug-likeness (QED) is 0.591. The summed E-state index contributed by atoms with van der Waals surface area (Å²) in [7, 11) is 0. The van der Waals surface area contributed by atoms with Gasteiger partial charge in [-0.05, 0) is 17.7 Å². The van der Waals surface area contributed by atoms with Gasteiger partial charge in [0.05, 0.1) is 6.21 Å². The lowest BCUT2D eigenvalue weighted by atomic mass is 10.2. The highest BCUT2D eigenvalue weighted by Gasteiger charge is 1.85. The number of halogens is 1. The molecule has 9 heavy (non-hydrogen) atoms. The monoisotopic (exact) mass is 182 g/mol. The summed E-state index contributed by atoms with van der Waals surface area (Å²) in [5, 5.41) is 8.49. The minimum Gasteiger partial charge on any atom is -0.159 e. The second kappa shape index (κ2) is 2.78. The molecule has 1 aromatic carbocycles. The molecule has 45 valence electrons. The molecule has 0 amide bonds. The molecule has 0 spiro atoms. The smallest absolute Gasteiger partial charge is 0.0568 e. The number of benzene rings is 1. The Balaban J connectivity index is 3.01. The van der Waals surface area contributed by atoms with E-state index in [-0.39, 0.29) is 0 Å². The zero-order valence-electron chi connectivity index (χ0n) is 4.71. The number of rotatable bonds is 1. The van der Waals surface area contributed by atoms with Crippen molar-refractivity contribution in [3.63, 3.8) is 0 Å². The van der Waals surface area contributed by atoms with Gasteiger partial charge in [0, 0.05) is 4.47 Å². The molecule has 1 nitrogen and oxygen atoms in total. The van der Waals surface area contributed by atoms with E-state index >= 15 is 0 Å². The van der Waals surface area contributed by atoms with Crippen LogP contribution in [0.15, 0.2) is 28.7 Å². The van der Waals surface area contributed by atoms with Crippen LogP contribution in [-0.4, -0.2) is 6.21 Å². The molecule has 1 aromatic rings. The van der Waals surface area contributed by atoms with Gasteiger partial charge in [-0.15, -0.1) is 0 Å². The first-order chi connectivity index (χ1) is 4.33. The zero-order chi connectivity index (χ0) is 6.69. The first-order valence-electron chi connectivity index (χ1n) is 2.56. The van der Waals surface area contributed by atoms with Crippen LogP contribution in [0.4, 0.5) is 0 Å². The lowest BCUT2D eigenvalue weighted by Crippen LogP contribution is -1.77. The molecule has 0 aliphatic carbocycles. The van der Waals surface area contributed by atoms with Gasteiger partial charge in [0.25, 0.3) is 0 Å². The van der Waals surface area contributed by atoms with Gasteiger partial charge in [0.1, 0.15) is 0 Å². The average molecular weight is 183 g/mol. The van der Waals surface area contributed by atoms with Crippen LogP contribution in [-0.2, 0) is 0 Å². The van der Waals surface area contributed by atoms with Crippen molar-refractivity contribution in [2.75, 3.05) is 0 Å². The van der Waals surface area contributed by atoms with Crippen LogP contribution < -0.4 is 5.41 Å². The van der Waals surface area contributed by atoms with E-state index in [1.807, 2.05) is 24.3 Å². The van der Waals surface area contributed by atoms with Gasteiger partial charge in [-0.1, -0.05) is 28.1 Å². The maximum absolute atomic E-state index is 8.49. The van der Waals surface area contributed by atoms with Gasteiger partial charge in [0.15, 0.2) is 0 Å². The summed E-state index contributed by atoms with van der Waals surface area (Å²) in [6, 6.07) is 7.40. The van der Waals surface area contributed by atoms with Gasteiger partial charge in [-0.25, -0.2) is 0 Å². The Hall–Kier alpha value is -0.630. The van der Waals surface area contributed by atoms with E-state index < -0.39 is 0 Å². The fourth-order valence-corrected chi connectivity index (χ4v) is 0.813. The SMILES string of the molecule is [N]=Cc1ccc(Br)cc1. The molecular formula is C7H5BrN. The minimum atomic E-state index is 0.818. The summed E-state index contributed by atoms with van der Waals surface area (Å²) in [5.41, 5.74) is 0.818. The van der Waals surface area contributed by atoms with E-state index in [0.717, 1.165) is 16.3 Å². The van der Waals surface area contributed by atoms with Crippen molar-refractivity contribution in [1.29, 1.82) is 0 Å². The Morgan fingerprint density at radius 3 is 2.22 bits per heavy atom. The Kier molecular flexibility index (Phi) is 2.01. The molecule has 2 heteroatoms. The van der Waals surface area contributed by atoms with Gasteiger partial charge >= 0.3 is 0 Å². The lowest BCUT2D eigenvalue weighted by Gasteiger charge is -1.88. The van der Waals surface area contributed by atoms with Crippen LogP contribution >= 0.6 is 15.9 Å². The van der Waals surface area contributed by atoms with Gasteiger partial charge < -0.3 is 0 Å². The van der Waals surface area contributed by atoms with Gasteiger partial charge in [-0.3, -0.25) is 0 Å². The normalized spacial score (nSPS) is 9.00. The lowest BCUT2D eigenvalue weighted by molar-refractivity contribution is 1.62. The summed E-state index contributed by atoms with van der Waals surface area (Å²) in [6.45, 7) is 0. The fourth-order valence-electron chi connectivity index (χ4n) is 0.549. The highest BCUT2D eigenvalue weighted by atomic mass is 79.9. The average Bonchev–Trinajstić information content (AvgIpc) is 1.90. The van der Waals surface area contributed by atoms with E-state index in [1.165, 1.54) is 0 Å². The Morgan fingerprint density at radius 1 is 1.22 bits per heavy atom. The summed E-state index contributed by atoms with van der Waals surface area (Å²) >= 11 is 3.28. The molecule has 0 aliphatic heterocycles. The van der Waals surface area contributed by atoms with Crippen molar-refractivity contribution in [3.05, 3.63) is 34.3 Å². The minimum absolute atomic E-state index is 0.818. The molecule has 0 saturated carbocycles. The van der Waals surface area contributed by atoms with Crippen LogP contribution in [0.1, 0.15) is 5.56 Å². The third-order valence-electron chi connectivity index (χ3n) is 1.02. The Morgan fingerprint density at radius 2 is 1.78 bits per heavy atom. The van der Waals surface area contributed by atoms with Crippen molar-refractivity contribution in [2.45, 2.75) is 0 Å². The highest BCUT2D eigenvalue weighted by molar-refractivity contribution is 9.10. The molecule has 0 aromatic heterocycles. The molecule has 0 heterocycles. The zero-order valence-corrected chi connectivity index (χ0v) is 6.30. The van der Waals surface area contributed by atoms with Gasteiger partial charge in [0.2, 0.25) is 0 Å². The third-order valence-corrected chi connectivity index (χ3v) is 1.55. The maximum Gasteiger partial charge on any atom is 0.0568 e. The molecule has 0 saturated heterocycles.